The van der Waals surface area contributed by atoms with Gasteiger partial charge in [0, 0.05) is 12.8 Å². The van der Waals surface area contributed by atoms with Crippen LogP contribution in [0.5, 0.6) is 0 Å². The first-order valence-corrected chi connectivity index (χ1v) is 10.7. The van der Waals surface area contributed by atoms with E-state index in [4.69, 9.17) is 0 Å². The van der Waals surface area contributed by atoms with Gasteiger partial charge in [0.05, 0.1) is 12.1 Å². The van der Waals surface area contributed by atoms with Gasteiger partial charge in [-0.05, 0) is 29.5 Å². The number of carboxylic acids is 1. The smallest absolute Gasteiger partial charge is 0.327 e. The van der Waals surface area contributed by atoms with Crippen molar-refractivity contribution >= 4 is 29.4 Å². The van der Waals surface area contributed by atoms with Gasteiger partial charge in [0.25, 0.3) is 5.91 Å². The molecule has 2 aliphatic rings. The lowest BCUT2D eigenvalue weighted by Gasteiger charge is -2.33. The number of amides is 3. The number of nitrogens with one attached hydrogen (secondary N) is 1. The zero-order valence-electron chi connectivity index (χ0n) is 17.8. The van der Waals surface area contributed by atoms with Crippen molar-refractivity contribution < 1.29 is 24.3 Å². The van der Waals surface area contributed by atoms with Gasteiger partial charge in [-0.3, -0.25) is 24.7 Å². The van der Waals surface area contributed by atoms with Crippen LogP contribution in [0.25, 0.3) is 0 Å². The van der Waals surface area contributed by atoms with Crippen molar-refractivity contribution in [3.63, 3.8) is 0 Å². The van der Waals surface area contributed by atoms with E-state index in [1.807, 2.05) is 48.5 Å². The van der Waals surface area contributed by atoms with Crippen molar-refractivity contribution in [1.29, 1.82) is 0 Å². The van der Waals surface area contributed by atoms with E-state index in [2.05, 4.69) is 5.43 Å². The first-order chi connectivity index (χ1) is 15.4. The van der Waals surface area contributed by atoms with Crippen molar-refractivity contribution in [2.45, 2.75) is 51.1 Å². The molecule has 3 amide bonds. The molecule has 0 unspecified atom stereocenters. The Bertz CT molecular complexity index is 1070. The van der Waals surface area contributed by atoms with Gasteiger partial charge in [0.2, 0.25) is 11.8 Å². The number of rotatable bonds is 5. The summed E-state index contributed by atoms with van der Waals surface area (Å²) in [6, 6.07) is 12.7. The number of carboxylic acid groups (broad SMARTS) is 1. The molecule has 0 radical (unpaired) electrons. The molecule has 32 heavy (non-hydrogen) atoms. The minimum Gasteiger partial charge on any atom is -0.480 e. The fourth-order valence-electron chi connectivity index (χ4n) is 4.49. The van der Waals surface area contributed by atoms with Gasteiger partial charge in [0.1, 0.15) is 12.1 Å². The molecule has 2 aromatic carbocycles. The number of nitrogens with zero attached hydrogens (tertiary/aromatic N) is 2. The van der Waals surface area contributed by atoms with E-state index in [1.165, 1.54) is 4.90 Å². The van der Waals surface area contributed by atoms with Gasteiger partial charge in [-0.25, -0.2) is 9.80 Å². The third-order valence-electron chi connectivity index (χ3n) is 6.00. The second kappa shape index (κ2) is 8.82. The molecule has 8 nitrogen and oxygen atoms in total. The van der Waals surface area contributed by atoms with Crippen molar-refractivity contribution in [2.75, 3.05) is 4.90 Å². The second-order valence-electron chi connectivity index (χ2n) is 8.06. The van der Waals surface area contributed by atoms with E-state index in [0.29, 0.717) is 12.1 Å². The van der Waals surface area contributed by atoms with Crippen LogP contribution in [-0.2, 0) is 38.4 Å². The Morgan fingerprint density at radius 2 is 1.81 bits per heavy atom. The highest BCUT2D eigenvalue weighted by molar-refractivity contribution is 6.07. The number of aryl methyl sites for hydroxylation is 1. The molecule has 2 aliphatic heterocycles. The molecule has 4 rings (SSSR count). The Balaban J connectivity index is 1.64. The number of anilines is 1. The van der Waals surface area contributed by atoms with Gasteiger partial charge in [-0.15, -0.1) is 0 Å². The quantitative estimate of drug-likeness (QED) is 0.697. The molecule has 0 aliphatic carbocycles. The molecule has 166 valence electrons. The number of benzene rings is 2. The molecule has 0 bridgehead atoms. The van der Waals surface area contributed by atoms with Gasteiger partial charge >= 0.3 is 5.97 Å². The lowest BCUT2D eigenvalue weighted by atomic mass is 10.0. The molecule has 0 fully saturated rings. The van der Waals surface area contributed by atoms with Crippen LogP contribution in [0.2, 0.25) is 0 Å². The van der Waals surface area contributed by atoms with Gasteiger partial charge in [0.15, 0.2) is 0 Å². The van der Waals surface area contributed by atoms with Crippen LogP contribution >= 0.6 is 0 Å². The minimum absolute atomic E-state index is 0.0566. The zero-order valence-corrected chi connectivity index (χ0v) is 17.8. The maximum Gasteiger partial charge on any atom is 0.327 e. The number of carbonyl (C=O) groups is 4. The normalized spacial score (nSPS) is 19.2. The van der Waals surface area contributed by atoms with Crippen LogP contribution in [0, 0.1) is 0 Å². The summed E-state index contributed by atoms with van der Waals surface area (Å²) < 4.78 is 0. The zero-order chi connectivity index (χ0) is 22.8. The van der Waals surface area contributed by atoms with Crippen LogP contribution < -0.4 is 10.3 Å². The largest absolute Gasteiger partial charge is 0.480 e. The average molecular weight is 435 g/mol. The molecule has 2 heterocycles. The predicted octanol–water partition coefficient (Wildman–Crippen LogP) is 1.86. The fourth-order valence-corrected chi connectivity index (χ4v) is 4.49. The number of hydrogen-bond acceptors (Lipinski definition) is 4. The second-order valence-corrected chi connectivity index (χ2v) is 8.06. The highest BCUT2D eigenvalue weighted by atomic mass is 16.4. The summed E-state index contributed by atoms with van der Waals surface area (Å²) >= 11 is 0. The third kappa shape index (κ3) is 3.95. The number of hydrazine groups is 1. The maximum atomic E-state index is 13.6. The Morgan fingerprint density at radius 3 is 2.50 bits per heavy atom. The highest BCUT2D eigenvalue weighted by Gasteiger charge is 2.46. The van der Waals surface area contributed by atoms with Crippen molar-refractivity contribution in [3.8, 4) is 0 Å². The fraction of sp³-hybridized carbons (Fsp3) is 0.333. The summed E-state index contributed by atoms with van der Waals surface area (Å²) in [5, 5.41) is 10.9. The van der Waals surface area contributed by atoms with Crippen molar-refractivity contribution in [2.24, 2.45) is 0 Å². The van der Waals surface area contributed by atoms with E-state index in [0.717, 1.165) is 21.7 Å². The summed E-state index contributed by atoms with van der Waals surface area (Å²) in [4.78, 5) is 52.3. The molecule has 2 N–H and O–H groups in total. The van der Waals surface area contributed by atoms with Crippen LogP contribution in [-0.4, -0.2) is 45.9 Å². The Morgan fingerprint density at radius 1 is 1.09 bits per heavy atom. The van der Waals surface area contributed by atoms with E-state index in [1.54, 1.807) is 6.92 Å². The Labute approximate surface area is 185 Å². The highest BCUT2D eigenvalue weighted by Crippen LogP contribution is 2.39. The molecule has 2 aromatic rings. The summed E-state index contributed by atoms with van der Waals surface area (Å²) in [6.45, 7) is 1.66. The van der Waals surface area contributed by atoms with Crippen molar-refractivity contribution in [1.82, 2.24) is 10.4 Å². The maximum absolute atomic E-state index is 13.6. The van der Waals surface area contributed by atoms with Gasteiger partial charge < -0.3 is 5.11 Å². The lowest BCUT2D eigenvalue weighted by molar-refractivity contribution is -0.149. The standard InChI is InChI=1S/C24H25N3O5/c1-2-21(29)27(25-20(28)13-15-7-4-3-5-8-15)18-12-11-16-9-6-10-17-14-19(24(31)32)26(22(16)17)23(18)30/h3-10,18-19H,2,11-14H2,1H3,(H,25,28)(H,31,32)/t18-,19-/m0/s1. The minimum atomic E-state index is -1.09. The summed E-state index contributed by atoms with van der Waals surface area (Å²) in [5.74, 6) is -2.39. The molecule has 0 saturated carbocycles. The molecule has 0 saturated heterocycles. The topological polar surface area (TPSA) is 107 Å². The molecule has 8 heteroatoms. The predicted molar refractivity (Wildman–Crippen MR) is 117 cm³/mol. The van der Waals surface area contributed by atoms with E-state index >= 15 is 0 Å². The van der Waals surface area contributed by atoms with Crippen LogP contribution in [0.3, 0.4) is 0 Å². The molecular weight excluding hydrogens is 410 g/mol. The van der Waals surface area contributed by atoms with Crippen LogP contribution in [0.4, 0.5) is 5.69 Å². The third-order valence-corrected chi connectivity index (χ3v) is 6.00. The summed E-state index contributed by atoms with van der Waals surface area (Å²) in [7, 11) is 0. The average Bonchev–Trinajstić information content (AvgIpc) is 3.12. The molecule has 0 aromatic heterocycles. The summed E-state index contributed by atoms with van der Waals surface area (Å²) in [6.07, 6.45) is 1.15. The number of para-hydroxylation sites is 1. The number of aliphatic carboxylic acids is 1. The first-order valence-electron chi connectivity index (χ1n) is 10.7. The molecular formula is C24H25N3O5. The Hall–Kier alpha value is -3.68. The number of hydrogen-bond donors (Lipinski definition) is 2. The van der Waals surface area contributed by atoms with Crippen molar-refractivity contribution in [3.05, 3.63) is 65.2 Å². The molecule has 2 atom stereocenters. The number of carbonyl (C=O) groups excluding carboxylic acids is 3. The van der Waals surface area contributed by atoms with Gasteiger partial charge in [-0.1, -0.05) is 55.5 Å². The van der Waals surface area contributed by atoms with Crippen LogP contribution in [0.15, 0.2) is 48.5 Å². The van der Waals surface area contributed by atoms with E-state index in [-0.39, 0.29) is 25.7 Å². The van der Waals surface area contributed by atoms with Gasteiger partial charge in [-0.2, -0.15) is 0 Å². The Kier molecular flexibility index (Phi) is 5.94. The molecule has 0 spiro atoms. The van der Waals surface area contributed by atoms with E-state index in [9.17, 15) is 24.3 Å². The monoisotopic (exact) mass is 435 g/mol. The SMILES string of the molecule is CCC(=O)N(NC(=O)Cc1ccccc1)[C@H]1CCc2cccc3c2N(C1=O)[C@H](C(=O)O)C3. The van der Waals surface area contributed by atoms with Crippen LogP contribution in [0.1, 0.15) is 36.5 Å². The van der Waals surface area contributed by atoms with E-state index < -0.39 is 35.8 Å². The first kappa shape index (κ1) is 21.5. The lowest BCUT2D eigenvalue weighted by Crippen LogP contribution is -2.59. The summed E-state index contributed by atoms with van der Waals surface area (Å²) in [5.41, 5.74) is 5.73.